The van der Waals surface area contributed by atoms with Crippen LogP contribution in [-0.4, -0.2) is 40.9 Å². The van der Waals surface area contributed by atoms with E-state index in [4.69, 9.17) is 5.11 Å². The zero-order valence-electron chi connectivity index (χ0n) is 16.3. The van der Waals surface area contributed by atoms with Crippen molar-refractivity contribution in [2.45, 2.75) is 70.4 Å². The summed E-state index contributed by atoms with van der Waals surface area (Å²) in [5.74, 6) is -1.34. The number of carbonyl (C=O) groups is 2. The standard InChI is InChI=1S/C15H18FNO2.C7H10O/c1-17-9-5-7-10(13(17)8-6-9)11-3-2-4-12(14(11)16)15(18)19;1-5-3-4-7(5)6(2)8/h2-4,9-10,13H,5-8H2,1H3,(H,18,19);3-4H2,1-2H3. The molecule has 27 heavy (non-hydrogen) atoms. The van der Waals surface area contributed by atoms with Crippen molar-refractivity contribution in [1.82, 2.24) is 4.90 Å². The number of carboxylic acid groups (broad SMARTS) is 1. The van der Waals surface area contributed by atoms with Crippen LogP contribution >= 0.6 is 0 Å². The van der Waals surface area contributed by atoms with Crippen LogP contribution in [0.25, 0.3) is 0 Å². The number of piperidine rings is 1. The van der Waals surface area contributed by atoms with Gasteiger partial charge in [0.1, 0.15) is 5.82 Å². The van der Waals surface area contributed by atoms with Crippen LogP contribution in [0, 0.1) is 5.82 Å². The summed E-state index contributed by atoms with van der Waals surface area (Å²) in [4.78, 5) is 24.0. The molecule has 0 aromatic heterocycles. The van der Waals surface area contributed by atoms with Gasteiger partial charge in [0.15, 0.2) is 5.78 Å². The molecule has 3 unspecified atom stereocenters. The summed E-state index contributed by atoms with van der Waals surface area (Å²) in [5, 5.41) is 9.02. The van der Waals surface area contributed by atoms with Gasteiger partial charge in [0.2, 0.25) is 0 Å². The van der Waals surface area contributed by atoms with E-state index < -0.39 is 11.8 Å². The van der Waals surface area contributed by atoms with Crippen LogP contribution in [0.1, 0.15) is 74.2 Å². The van der Waals surface area contributed by atoms with E-state index in [-0.39, 0.29) is 17.3 Å². The third kappa shape index (κ3) is 3.84. The highest BCUT2D eigenvalue weighted by Crippen LogP contribution is 2.43. The summed E-state index contributed by atoms with van der Waals surface area (Å²) in [7, 11) is 2.10. The Labute approximate surface area is 160 Å². The van der Waals surface area contributed by atoms with Gasteiger partial charge in [-0.15, -0.1) is 0 Å². The van der Waals surface area contributed by atoms with Crippen LogP contribution in [0.15, 0.2) is 29.3 Å². The molecule has 2 bridgehead atoms. The minimum atomic E-state index is -1.19. The first-order valence-electron chi connectivity index (χ1n) is 9.74. The molecule has 2 fully saturated rings. The van der Waals surface area contributed by atoms with Crippen LogP contribution in [0.4, 0.5) is 4.39 Å². The third-order valence-corrected chi connectivity index (χ3v) is 6.52. The van der Waals surface area contributed by atoms with Crippen molar-refractivity contribution < 1.29 is 19.1 Å². The largest absolute Gasteiger partial charge is 0.478 e. The number of hydrogen-bond acceptors (Lipinski definition) is 3. The molecule has 146 valence electrons. The van der Waals surface area contributed by atoms with E-state index in [1.165, 1.54) is 18.1 Å². The molecular formula is C22H28FNO3. The second-order valence-corrected chi connectivity index (χ2v) is 7.98. The van der Waals surface area contributed by atoms with Crippen LogP contribution in [0.2, 0.25) is 0 Å². The highest BCUT2D eigenvalue weighted by atomic mass is 19.1. The summed E-state index contributed by atoms with van der Waals surface area (Å²) in [5.41, 5.74) is 2.72. The Balaban J connectivity index is 0.000000221. The lowest BCUT2D eigenvalue weighted by atomic mass is 9.83. The molecule has 4 nitrogen and oxygen atoms in total. The number of allylic oxidation sites excluding steroid dienone is 2. The number of halogens is 1. The number of rotatable bonds is 3. The highest BCUT2D eigenvalue weighted by molar-refractivity contribution is 5.95. The summed E-state index contributed by atoms with van der Waals surface area (Å²) in [6.45, 7) is 3.66. The smallest absolute Gasteiger partial charge is 0.338 e. The molecule has 1 aromatic rings. The van der Waals surface area contributed by atoms with Gasteiger partial charge in [-0.25, -0.2) is 9.18 Å². The maximum Gasteiger partial charge on any atom is 0.338 e. The van der Waals surface area contributed by atoms with Gasteiger partial charge in [-0.2, -0.15) is 0 Å². The fourth-order valence-electron chi connectivity index (χ4n) is 4.78. The van der Waals surface area contributed by atoms with Crippen LogP contribution < -0.4 is 0 Å². The average molecular weight is 373 g/mol. The average Bonchev–Trinajstić information content (AvgIpc) is 2.82. The minimum absolute atomic E-state index is 0.128. The quantitative estimate of drug-likeness (QED) is 0.844. The van der Waals surface area contributed by atoms with Crippen molar-refractivity contribution in [2.24, 2.45) is 0 Å². The van der Waals surface area contributed by atoms with E-state index in [0.717, 1.165) is 37.7 Å². The molecule has 3 aliphatic rings. The summed E-state index contributed by atoms with van der Waals surface area (Å²) in [6.07, 6.45) is 6.45. The van der Waals surface area contributed by atoms with E-state index in [1.54, 1.807) is 19.1 Å². The first-order valence-corrected chi connectivity index (χ1v) is 9.74. The van der Waals surface area contributed by atoms with Gasteiger partial charge in [0.05, 0.1) is 5.56 Å². The number of benzene rings is 1. The van der Waals surface area contributed by atoms with Crippen LogP contribution in [-0.2, 0) is 4.79 Å². The van der Waals surface area contributed by atoms with E-state index in [9.17, 15) is 14.0 Å². The molecule has 0 saturated carbocycles. The van der Waals surface area contributed by atoms with Crippen molar-refractivity contribution in [2.75, 3.05) is 7.05 Å². The Bertz CT molecular complexity index is 786. The number of Topliss-reactive ketones (excluding diaryl/α,β-unsaturated/α-hetero) is 1. The van der Waals surface area contributed by atoms with E-state index >= 15 is 0 Å². The van der Waals surface area contributed by atoms with Crippen molar-refractivity contribution in [3.8, 4) is 0 Å². The number of carboxylic acids is 1. The van der Waals surface area contributed by atoms with Crippen molar-refractivity contribution >= 4 is 11.8 Å². The molecule has 0 radical (unpaired) electrons. The summed E-state index contributed by atoms with van der Waals surface area (Å²) < 4.78 is 14.4. The summed E-state index contributed by atoms with van der Waals surface area (Å²) >= 11 is 0. The fourth-order valence-corrected chi connectivity index (χ4v) is 4.78. The predicted octanol–water partition coefficient (Wildman–Crippen LogP) is 4.55. The summed E-state index contributed by atoms with van der Waals surface area (Å²) in [6, 6.07) is 5.73. The Kier molecular flexibility index (Phi) is 5.80. The van der Waals surface area contributed by atoms with Gasteiger partial charge < -0.3 is 5.11 Å². The number of carbonyl (C=O) groups excluding carboxylic acids is 1. The topological polar surface area (TPSA) is 57.6 Å². The zero-order chi connectivity index (χ0) is 19.7. The molecule has 3 atom stereocenters. The van der Waals surface area contributed by atoms with Gasteiger partial charge in [-0.3, -0.25) is 9.69 Å². The van der Waals surface area contributed by atoms with Gasteiger partial charge >= 0.3 is 5.97 Å². The second-order valence-electron chi connectivity index (χ2n) is 7.98. The molecule has 1 N–H and O–H groups in total. The van der Waals surface area contributed by atoms with Gasteiger partial charge in [-0.1, -0.05) is 17.7 Å². The van der Waals surface area contributed by atoms with Crippen LogP contribution in [0.3, 0.4) is 0 Å². The lowest BCUT2D eigenvalue weighted by Crippen LogP contribution is -2.41. The zero-order valence-corrected chi connectivity index (χ0v) is 16.3. The third-order valence-electron chi connectivity index (χ3n) is 6.52. The van der Waals surface area contributed by atoms with Gasteiger partial charge in [0.25, 0.3) is 0 Å². The molecule has 5 heteroatoms. The Hall–Kier alpha value is -2.01. The van der Waals surface area contributed by atoms with E-state index in [0.29, 0.717) is 17.6 Å². The maximum atomic E-state index is 14.4. The fraction of sp³-hybridized carbons (Fsp3) is 0.545. The van der Waals surface area contributed by atoms with E-state index in [2.05, 4.69) is 11.9 Å². The first-order chi connectivity index (χ1) is 12.8. The molecule has 0 amide bonds. The van der Waals surface area contributed by atoms with Crippen LogP contribution in [0.5, 0.6) is 0 Å². The minimum Gasteiger partial charge on any atom is -0.478 e. The Morgan fingerprint density at radius 2 is 1.85 bits per heavy atom. The number of ketones is 1. The molecule has 2 aliphatic heterocycles. The number of hydrogen-bond donors (Lipinski definition) is 1. The number of nitrogens with zero attached hydrogens (tertiary/aromatic N) is 1. The molecule has 0 spiro atoms. The SMILES string of the molecule is CC(=O)C1=C(C)CC1.CN1C2CCC(c3cccc(C(=O)O)c3F)C1CC2. The molecule has 2 heterocycles. The molecular weight excluding hydrogens is 345 g/mol. The van der Waals surface area contributed by atoms with Gasteiger partial charge in [0, 0.05) is 18.0 Å². The van der Waals surface area contributed by atoms with Crippen molar-refractivity contribution in [1.29, 1.82) is 0 Å². The van der Waals surface area contributed by atoms with Crippen molar-refractivity contribution in [3.63, 3.8) is 0 Å². The van der Waals surface area contributed by atoms with Crippen molar-refractivity contribution in [3.05, 3.63) is 46.3 Å². The molecule has 2 saturated heterocycles. The molecule has 1 aliphatic carbocycles. The molecule has 1 aromatic carbocycles. The number of aromatic carboxylic acids is 1. The number of fused-ring (bicyclic) bond motifs is 2. The predicted molar refractivity (Wildman–Crippen MR) is 103 cm³/mol. The lowest BCUT2D eigenvalue weighted by molar-refractivity contribution is -0.114. The highest BCUT2D eigenvalue weighted by Gasteiger charge is 2.41. The lowest BCUT2D eigenvalue weighted by Gasteiger charge is -2.38. The first kappa shape index (κ1) is 19.7. The van der Waals surface area contributed by atoms with E-state index in [1.807, 2.05) is 6.92 Å². The molecule has 4 rings (SSSR count). The number of likely N-dealkylation sites (N-methyl/N-ethyl adjacent to an activating group) is 1. The normalized spacial score (nSPS) is 26.9. The Morgan fingerprint density at radius 3 is 2.37 bits per heavy atom. The second kappa shape index (κ2) is 7.93. The Morgan fingerprint density at radius 1 is 1.15 bits per heavy atom. The maximum absolute atomic E-state index is 14.4. The monoisotopic (exact) mass is 373 g/mol. The van der Waals surface area contributed by atoms with Gasteiger partial charge in [-0.05, 0) is 76.6 Å².